The highest BCUT2D eigenvalue weighted by atomic mass is 16.3. The SMILES string of the molecule is Cc1nc(NCCNC(=O)c2ccoc2)cc(N(C)C)n1. The van der Waals surface area contributed by atoms with E-state index in [-0.39, 0.29) is 5.91 Å². The average Bonchev–Trinajstić information content (AvgIpc) is 2.97. The summed E-state index contributed by atoms with van der Waals surface area (Å²) in [6.07, 6.45) is 2.89. The second kappa shape index (κ2) is 6.74. The standard InChI is InChI=1S/C14H19N5O2/c1-10-17-12(8-13(18-10)19(2)3)15-5-6-16-14(20)11-4-7-21-9-11/h4,7-9H,5-6H2,1-3H3,(H,16,20)(H,15,17,18). The molecule has 0 spiro atoms. The van der Waals surface area contributed by atoms with Gasteiger partial charge in [-0.25, -0.2) is 9.97 Å². The summed E-state index contributed by atoms with van der Waals surface area (Å²) in [6, 6.07) is 3.49. The molecule has 0 aromatic carbocycles. The molecular formula is C14H19N5O2. The van der Waals surface area contributed by atoms with E-state index in [9.17, 15) is 4.79 Å². The number of furan rings is 1. The third-order valence-corrected chi connectivity index (χ3v) is 2.78. The molecule has 2 N–H and O–H groups in total. The second-order valence-electron chi connectivity index (χ2n) is 4.75. The Morgan fingerprint density at radius 2 is 2.14 bits per heavy atom. The summed E-state index contributed by atoms with van der Waals surface area (Å²) in [5.74, 6) is 2.13. The predicted molar refractivity (Wildman–Crippen MR) is 80.6 cm³/mol. The smallest absolute Gasteiger partial charge is 0.254 e. The van der Waals surface area contributed by atoms with Crippen LogP contribution in [-0.4, -0.2) is 43.1 Å². The van der Waals surface area contributed by atoms with Crippen LogP contribution in [0.15, 0.2) is 29.1 Å². The Bertz CT molecular complexity index is 595. The minimum atomic E-state index is -0.154. The minimum absolute atomic E-state index is 0.154. The molecule has 21 heavy (non-hydrogen) atoms. The van der Waals surface area contributed by atoms with Crippen LogP contribution in [0.25, 0.3) is 0 Å². The van der Waals surface area contributed by atoms with Crippen LogP contribution in [0.4, 0.5) is 11.6 Å². The van der Waals surface area contributed by atoms with Crippen molar-refractivity contribution in [1.29, 1.82) is 0 Å². The Morgan fingerprint density at radius 3 is 2.81 bits per heavy atom. The molecule has 0 unspecified atom stereocenters. The number of nitrogens with zero attached hydrogens (tertiary/aromatic N) is 3. The van der Waals surface area contributed by atoms with Gasteiger partial charge in [0.1, 0.15) is 23.7 Å². The van der Waals surface area contributed by atoms with E-state index >= 15 is 0 Å². The van der Waals surface area contributed by atoms with Gasteiger partial charge in [0.25, 0.3) is 5.91 Å². The van der Waals surface area contributed by atoms with Crippen molar-refractivity contribution in [3.8, 4) is 0 Å². The third kappa shape index (κ3) is 4.20. The van der Waals surface area contributed by atoms with Crippen molar-refractivity contribution in [3.05, 3.63) is 36.0 Å². The maximum absolute atomic E-state index is 11.7. The van der Waals surface area contributed by atoms with Crippen LogP contribution in [-0.2, 0) is 0 Å². The van der Waals surface area contributed by atoms with Crippen LogP contribution < -0.4 is 15.5 Å². The van der Waals surface area contributed by atoms with Gasteiger partial charge in [-0.15, -0.1) is 0 Å². The largest absolute Gasteiger partial charge is 0.472 e. The van der Waals surface area contributed by atoms with Crippen molar-refractivity contribution in [2.45, 2.75) is 6.92 Å². The van der Waals surface area contributed by atoms with Crippen LogP contribution in [0.1, 0.15) is 16.2 Å². The zero-order valence-corrected chi connectivity index (χ0v) is 12.4. The molecule has 0 aliphatic heterocycles. The molecule has 2 aromatic heterocycles. The van der Waals surface area contributed by atoms with E-state index in [4.69, 9.17) is 4.42 Å². The number of aromatic nitrogens is 2. The van der Waals surface area contributed by atoms with E-state index in [0.717, 1.165) is 11.6 Å². The molecule has 0 aliphatic carbocycles. The molecule has 0 saturated heterocycles. The molecule has 0 saturated carbocycles. The first-order chi connectivity index (χ1) is 10.1. The molecule has 2 rings (SSSR count). The van der Waals surface area contributed by atoms with Crippen LogP contribution in [0.2, 0.25) is 0 Å². The topological polar surface area (TPSA) is 83.3 Å². The molecule has 0 radical (unpaired) electrons. The fourth-order valence-electron chi connectivity index (χ4n) is 1.73. The van der Waals surface area contributed by atoms with Gasteiger partial charge in [0.05, 0.1) is 11.8 Å². The van der Waals surface area contributed by atoms with Gasteiger partial charge in [-0.2, -0.15) is 0 Å². The van der Waals surface area contributed by atoms with Gasteiger partial charge >= 0.3 is 0 Å². The summed E-state index contributed by atoms with van der Waals surface area (Å²) in [7, 11) is 3.85. The summed E-state index contributed by atoms with van der Waals surface area (Å²) in [5, 5.41) is 5.96. The van der Waals surface area contributed by atoms with Crippen molar-refractivity contribution in [2.24, 2.45) is 0 Å². The molecule has 112 valence electrons. The second-order valence-corrected chi connectivity index (χ2v) is 4.75. The Kier molecular flexibility index (Phi) is 4.76. The lowest BCUT2D eigenvalue weighted by Crippen LogP contribution is -2.28. The lowest BCUT2D eigenvalue weighted by Gasteiger charge is -2.14. The highest BCUT2D eigenvalue weighted by Gasteiger charge is 2.06. The van der Waals surface area contributed by atoms with Crippen molar-refractivity contribution in [1.82, 2.24) is 15.3 Å². The van der Waals surface area contributed by atoms with Crippen molar-refractivity contribution < 1.29 is 9.21 Å². The van der Waals surface area contributed by atoms with Gasteiger partial charge in [-0.1, -0.05) is 0 Å². The summed E-state index contributed by atoms with van der Waals surface area (Å²) < 4.78 is 4.86. The summed E-state index contributed by atoms with van der Waals surface area (Å²) in [5.41, 5.74) is 0.516. The van der Waals surface area contributed by atoms with E-state index in [2.05, 4.69) is 20.6 Å². The van der Waals surface area contributed by atoms with Gasteiger partial charge in [0.15, 0.2) is 0 Å². The maximum Gasteiger partial charge on any atom is 0.254 e. The number of rotatable bonds is 6. The summed E-state index contributed by atoms with van der Waals surface area (Å²) in [6.45, 7) is 2.91. The summed E-state index contributed by atoms with van der Waals surface area (Å²) in [4.78, 5) is 22.2. The lowest BCUT2D eigenvalue weighted by atomic mass is 10.3. The first-order valence-electron chi connectivity index (χ1n) is 6.63. The normalized spacial score (nSPS) is 10.2. The molecule has 2 aromatic rings. The predicted octanol–water partition coefficient (Wildman–Crippen LogP) is 1.29. The van der Waals surface area contributed by atoms with Crippen molar-refractivity contribution in [2.75, 3.05) is 37.4 Å². The third-order valence-electron chi connectivity index (χ3n) is 2.78. The quantitative estimate of drug-likeness (QED) is 0.780. The van der Waals surface area contributed by atoms with E-state index in [0.29, 0.717) is 24.5 Å². The molecule has 7 heteroatoms. The van der Waals surface area contributed by atoms with Crippen molar-refractivity contribution >= 4 is 17.5 Å². The molecule has 0 fully saturated rings. The number of hydrogen-bond donors (Lipinski definition) is 2. The van der Waals surface area contributed by atoms with Crippen LogP contribution in [0.5, 0.6) is 0 Å². The van der Waals surface area contributed by atoms with Gasteiger partial charge in [0.2, 0.25) is 0 Å². The first-order valence-corrected chi connectivity index (χ1v) is 6.63. The number of carbonyl (C=O) groups excluding carboxylic acids is 1. The zero-order chi connectivity index (χ0) is 15.2. The zero-order valence-electron chi connectivity index (χ0n) is 12.4. The fourth-order valence-corrected chi connectivity index (χ4v) is 1.73. The van der Waals surface area contributed by atoms with E-state index in [1.165, 1.54) is 12.5 Å². The van der Waals surface area contributed by atoms with Crippen molar-refractivity contribution in [3.63, 3.8) is 0 Å². The number of nitrogens with one attached hydrogen (secondary N) is 2. The van der Waals surface area contributed by atoms with Crippen LogP contribution in [0, 0.1) is 6.92 Å². The number of aryl methyl sites for hydroxylation is 1. The van der Waals surface area contributed by atoms with Crippen LogP contribution in [0.3, 0.4) is 0 Å². The molecule has 0 atom stereocenters. The monoisotopic (exact) mass is 289 g/mol. The molecule has 1 amide bonds. The number of carbonyl (C=O) groups is 1. The fraction of sp³-hybridized carbons (Fsp3) is 0.357. The number of anilines is 2. The highest BCUT2D eigenvalue weighted by molar-refractivity contribution is 5.93. The van der Waals surface area contributed by atoms with E-state index in [1.807, 2.05) is 32.0 Å². The summed E-state index contributed by atoms with van der Waals surface area (Å²) >= 11 is 0. The van der Waals surface area contributed by atoms with E-state index < -0.39 is 0 Å². The van der Waals surface area contributed by atoms with E-state index in [1.54, 1.807) is 6.07 Å². The minimum Gasteiger partial charge on any atom is -0.472 e. The average molecular weight is 289 g/mol. The Labute approximate surface area is 123 Å². The number of amides is 1. The lowest BCUT2D eigenvalue weighted by molar-refractivity contribution is 0.0954. The first kappa shape index (κ1) is 14.8. The Hall–Kier alpha value is -2.57. The van der Waals surface area contributed by atoms with Gasteiger partial charge < -0.3 is 20.0 Å². The molecule has 7 nitrogen and oxygen atoms in total. The molecule has 2 heterocycles. The number of hydrogen-bond acceptors (Lipinski definition) is 6. The molecule has 0 bridgehead atoms. The highest BCUT2D eigenvalue weighted by Crippen LogP contribution is 2.12. The van der Waals surface area contributed by atoms with Gasteiger partial charge in [0, 0.05) is 33.3 Å². The molecular weight excluding hydrogens is 270 g/mol. The molecule has 0 aliphatic rings. The van der Waals surface area contributed by atoms with Crippen LogP contribution >= 0.6 is 0 Å². The Morgan fingerprint density at radius 1 is 1.33 bits per heavy atom. The van der Waals surface area contributed by atoms with Gasteiger partial charge in [-0.05, 0) is 13.0 Å². The van der Waals surface area contributed by atoms with Gasteiger partial charge in [-0.3, -0.25) is 4.79 Å². The maximum atomic E-state index is 11.7. The Balaban J connectivity index is 1.82.